The zero-order valence-corrected chi connectivity index (χ0v) is 8.50. The van der Waals surface area contributed by atoms with E-state index in [1.54, 1.807) is 0 Å². The van der Waals surface area contributed by atoms with Gasteiger partial charge in [-0.15, -0.1) is 0 Å². The Bertz CT molecular complexity index is 92.5. The lowest BCUT2D eigenvalue weighted by molar-refractivity contribution is -0.141. The first kappa shape index (κ1) is 18.2. The molecule has 5 nitrogen and oxygen atoms in total. The zero-order chi connectivity index (χ0) is 9.82. The highest BCUT2D eigenvalue weighted by Gasteiger charge is 1.86. The molecule has 0 aliphatic carbocycles. The van der Waals surface area contributed by atoms with Crippen molar-refractivity contribution in [1.82, 2.24) is 0 Å². The molecule has 0 spiro atoms. The van der Waals surface area contributed by atoms with Crippen molar-refractivity contribution in [3.63, 3.8) is 0 Å². The van der Waals surface area contributed by atoms with Crippen LogP contribution in [-0.4, -0.2) is 43.0 Å². The Morgan fingerprint density at radius 3 is 1.85 bits per heavy atom. The van der Waals surface area contributed by atoms with Crippen molar-refractivity contribution >= 4 is 5.97 Å². The molecule has 0 aromatic rings. The lowest BCUT2D eigenvalue weighted by atomic mass is 10.7. The lowest BCUT2D eigenvalue weighted by Gasteiger charge is -1.93. The van der Waals surface area contributed by atoms with E-state index in [1.807, 2.05) is 13.8 Å². The fourth-order valence-corrected chi connectivity index (χ4v) is 0.393. The normalized spacial score (nSPS) is 7.69. The maximum Gasteiger partial charge on any atom is 0.302 e. The van der Waals surface area contributed by atoms with Gasteiger partial charge in [-0.25, -0.2) is 0 Å². The summed E-state index contributed by atoms with van der Waals surface area (Å²) in [5.41, 5.74) is 0. The summed E-state index contributed by atoms with van der Waals surface area (Å²) in [4.78, 5) is 9.87. The first-order valence-corrected chi connectivity index (χ1v) is 4.00. The minimum atomic E-state index is -0.353. The highest BCUT2D eigenvalue weighted by atomic mass is 16.5. The predicted molar refractivity (Wildman–Crippen MR) is 49.5 cm³/mol. The molecule has 0 aliphatic heterocycles. The van der Waals surface area contributed by atoms with Gasteiger partial charge in [0.25, 0.3) is 0 Å². The molecule has 0 unspecified atom stereocenters. The monoisotopic (exact) mass is 196 g/mol. The number of hydrogen-bond acceptors (Lipinski definition) is 4. The van der Waals surface area contributed by atoms with Gasteiger partial charge in [-0.1, -0.05) is 0 Å². The molecule has 0 saturated carbocycles. The van der Waals surface area contributed by atoms with Crippen LogP contribution in [0.4, 0.5) is 0 Å². The zero-order valence-electron chi connectivity index (χ0n) is 8.50. The number of hydrogen-bond donors (Lipinski definition) is 1. The number of carbonyl (C=O) groups excluding carboxylic acids is 1. The molecule has 0 radical (unpaired) electrons. The third-order valence-corrected chi connectivity index (χ3v) is 0.805. The largest absolute Gasteiger partial charge is 0.463 e. The summed E-state index contributed by atoms with van der Waals surface area (Å²) in [5, 5.41) is 8.04. The van der Waals surface area contributed by atoms with E-state index in [2.05, 4.69) is 4.74 Å². The van der Waals surface area contributed by atoms with Gasteiger partial charge in [0.1, 0.15) is 6.61 Å². The van der Waals surface area contributed by atoms with Crippen molar-refractivity contribution in [2.75, 3.05) is 26.4 Å². The molecule has 0 saturated heterocycles. The van der Waals surface area contributed by atoms with Gasteiger partial charge in [-0.2, -0.15) is 0 Å². The standard InChI is InChI=1S/C4H8O3.C4H10O.H2O/c1-4(6)7-3-2-5;1-3-5-4-2;/h5H,2-3H2,1H3;3-4H2,1-2H3;1H2. The van der Waals surface area contributed by atoms with Gasteiger partial charge in [-0.05, 0) is 13.8 Å². The fourth-order valence-electron chi connectivity index (χ4n) is 0.393. The van der Waals surface area contributed by atoms with Crippen molar-refractivity contribution in [1.29, 1.82) is 0 Å². The second-order valence-corrected chi connectivity index (χ2v) is 1.85. The number of aliphatic hydroxyl groups is 1. The van der Waals surface area contributed by atoms with Gasteiger partial charge in [0, 0.05) is 20.1 Å². The summed E-state index contributed by atoms with van der Waals surface area (Å²) in [6.45, 7) is 6.98. The predicted octanol–water partition coefficient (Wildman–Crippen LogP) is -0.240. The SMILES string of the molecule is CC(=O)OCCO.CCOCC.O. The lowest BCUT2D eigenvalue weighted by Crippen LogP contribution is -2.03. The second kappa shape index (κ2) is 17.4. The van der Waals surface area contributed by atoms with E-state index in [1.165, 1.54) is 6.92 Å². The molecule has 3 N–H and O–H groups in total. The van der Waals surface area contributed by atoms with Crippen LogP contribution in [0, 0.1) is 0 Å². The summed E-state index contributed by atoms with van der Waals surface area (Å²) in [5.74, 6) is -0.353. The molecular weight excluding hydrogens is 176 g/mol. The molecule has 13 heavy (non-hydrogen) atoms. The van der Waals surface area contributed by atoms with E-state index in [0.717, 1.165) is 13.2 Å². The Hall–Kier alpha value is -0.650. The molecule has 0 rings (SSSR count). The van der Waals surface area contributed by atoms with Crippen LogP contribution in [0.25, 0.3) is 0 Å². The van der Waals surface area contributed by atoms with Crippen LogP contribution in [0.3, 0.4) is 0 Å². The van der Waals surface area contributed by atoms with Crippen LogP contribution in [0.5, 0.6) is 0 Å². The molecule has 5 heteroatoms. The minimum Gasteiger partial charge on any atom is -0.463 e. The molecular formula is C8H20O5. The molecule has 0 aromatic carbocycles. The Morgan fingerprint density at radius 1 is 1.31 bits per heavy atom. The molecule has 0 aromatic heterocycles. The van der Waals surface area contributed by atoms with Crippen LogP contribution in [0.2, 0.25) is 0 Å². The molecule has 0 bridgehead atoms. The number of rotatable bonds is 4. The Kier molecular flexibility index (Phi) is 24.4. The highest BCUT2D eigenvalue weighted by molar-refractivity contribution is 5.65. The van der Waals surface area contributed by atoms with E-state index < -0.39 is 0 Å². The first-order valence-electron chi connectivity index (χ1n) is 4.00. The van der Waals surface area contributed by atoms with Crippen molar-refractivity contribution in [3.8, 4) is 0 Å². The van der Waals surface area contributed by atoms with Crippen LogP contribution >= 0.6 is 0 Å². The molecule has 0 amide bonds. The van der Waals surface area contributed by atoms with E-state index >= 15 is 0 Å². The average Bonchev–Trinajstić information content (AvgIpc) is 2.03. The second-order valence-electron chi connectivity index (χ2n) is 1.85. The van der Waals surface area contributed by atoms with Gasteiger partial charge in [0.15, 0.2) is 0 Å². The third kappa shape index (κ3) is 34.7. The van der Waals surface area contributed by atoms with Crippen LogP contribution in [0.15, 0.2) is 0 Å². The minimum absolute atomic E-state index is 0. The maximum atomic E-state index is 9.87. The average molecular weight is 196 g/mol. The van der Waals surface area contributed by atoms with Crippen molar-refractivity contribution in [2.24, 2.45) is 0 Å². The molecule has 0 atom stereocenters. The first-order chi connectivity index (χ1) is 5.68. The summed E-state index contributed by atoms with van der Waals surface area (Å²) >= 11 is 0. The summed E-state index contributed by atoms with van der Waals surface area (Å²) < 4.78 is 9.14. The maximum absolute atomic E-state index is 9.87. The van der Waals surface area contributed by atoms with Gasteiger partial charge in [0.2, 0.25) is 0 Å². The van der Waals surface area contributed by atoms with Gasteiger partial charge < -0.3 is 20.1 Å². The topological polar surface area (TPSA) is 87.3 Å². The van der Waals surface area contributed by atoms with Crippen LogP contribution < -0.4 is 0 Å². The molecule has 82 valence electrons. The summed E-state index contributed by atoms with van der Waals surface area (Å²) in [7, 11) is 0. The highest BCUT2D eigenvalue weighted by Crippen LogP contribution is 1.71. The molecule has 0 heterocycles. The number of esters is 1. The van der Waals surface area contributed by atoms with Crippen molar-refractivity contribution in [3.05, 3.63) is 0 Å². The van der Waals surface area contributed by atoms with Gasteiger partial charge >= 0.3 is 5.97 Å². The Labute approximate surface area is 79.0 Å². The fraction of sp³-hybridized carbons (Fsp3) is 0.875. The van der Waals surface area contributed by atoms with Crippen LogP contribution in [-0.2, 0) is 14.3 Å². The molecule has 0 fully saturated rings. The van der Waals surface area contributed by atoms with E-state index in [4.69, 9.17) is 9.84 Å². The Balaban J connectivity index is -0.000000150. The number of carbonyl (C=O) groups is 1. The van der Waals surface area contributed by atoms with E-state index in [-0.39, 0.29) is 24.7 Å². The number of ether oxygens (including phenoxy) is 2. The molecule has 0 aliphatic rings. The van der Waals surface area contributed by atoms with Crippen molar-refractivity contribution < 1.29 is 24.9 Å². The van der Waals surface area contributed by atoms with E-state index in [9.17, 15) is 4.79 Å². The smallest absolute Gasteiger partial charge is 0.302 e. The van der Waals surface area contributed by atoms with E-state index in [0.29, 0.717) is 0 Å². The van der Waals surface area contributed by atoms with Crippen molar-refractivity contribution in [2.45, 2.75) is 20.8 Å². The Morgan fingerprint density at radius 2 is 1.77 bits per heavy atom. The summed E-state index contributed by atoms with van der Waals surface area (Å²) in [6, 6.07) is 0. The van der Waals surface area contributed by atoms with Gasteiger partial charge in [-0.3, -0.25) is 4.79 Å². The summed E-state index contributed by atoms with van der Waals surface area (Å²) in [6.07, 6.45) is 0. The van der Waals surface area contributed by atoms with Gasteiger partial charge in [0.05, 0.1) is 6.61 Å². The quantitative estimate of drug-likeness (QED) is 0.628. The number of aliphatic hydroxyl groups excluding tert-OH is 1. The third-order valence-electron chi connectivity index (χ3n) is 0.805. The van der Waals surface area contributed by atoms with Crippen LogP contribution in [0.1, 0.15) is 20.8 Å².